The lowest BCUT2D eigenvalue weighted by Gasteiger charge is -2.20. The third-order valence-electron chi connectivity index (χ3n) is 4.01. The minimum Gasteiger partial charge on any atom is -0.317 e. The largest absolute Gasteiger partial charge is 0.317 e. The summed E-state index contributed by atoms with van der Waals surface area (Å²) in [5.74, 6) is 0.251. The van der Waals surface area contributed by atoms with Gasteiger partial charge in [0.25, 0.3) is 5.91 Å². The Hall–Kier alpha value is -2.32. The predicted octanol–water partition coefficient (Wildman–Crippen LogP) is 1.91. The summed E-state index contributed by atoms with van der Waals surface area (Å²) >= 11 is 1.54. The van der Waals surface area contributed by atoms with Crippen LogP contribution in [-0.2, 0) is 0 Å². The lowest BCUT2D eigenvalue weighted by Crippen LogP contribution is -2.26. The molecule has 1 fully saturated rings. The number of hydrogen-bond acceptors (Lipinski definition) is 6. The molecule has 0 spiro atoms. The Morgan fingerprint density at radius 3 is 2.83 bits per heavy atom. The summed E-state index contributed by atoms with van der Waals surface area (Å²) in [6.07, 6.45) is 10.9. The first-order valence-electron chi connectivity index (χ1n) is 7.57. The molecule has 3 aromatic rings. The third kappa shape index (κ3) is 2.82. The number of imidazole rings is 1. The molecule has 1 aliphatic rings. The van der Waals surface area contributed by atoms with Crippen LogP contribution in [0.1, 0.15) is 34.1 Å². The third-order valence-corrected chi connectivity index (χ3v) is 5.09. The molecule has 0 saturated carbocycles. The normalized spacial score (nSPS) is 15.8. The molecule has 0 unspecified atom stereocenters. The second-order valence-electron chi connectivity index (χ2n) is 5.48. The number of anilines is 1. The molecule has 1 saturated heterocycles. The zero-order valence-corrected chi connectivity index (χ0v) is 13.2. The summed E-state index contributed by atoms with van der Waals surface area (Å²) < 4.78 is 1.77. The number of thiazole rings is 1. The molecule has 23 heavy (non-hydrogen) atoms. The number of piperidine rings is 1. The topological polar surface area (TPSA) is 84.2 Å². The minimum absolute atomic E-state index is 0.284. The van der Waals surface area contributed by atoms with Crippen LogP contribution in [0.25, 0.3) is 5.65 Å². The van der Waals surface area contributed by atoms with Crippen molar-refractivity contribution >= 4 is 28.0 Å². The Morgan fingerprint density at radius 2 is 2.00 bits per heavy atom. The molecule has 3 aromatic heterocycles. The number of carbonyl (C=O) groups is 1. The Labute approximate surface area is 136 Å². The first-order valence-corrected chi connectivity index (χ1v) is 8.38. The van der Waals surface area contributed by atoms with E-state index in [1.165, 1.54) is 4.88 Å². The Kier molecular flexibility index (Phi) is 3.76. The van der Waals surface area contributed by atoms with Crippen LogP contribution < -0.4 is 10.6 Å². The summed E-state index contributed by atoms with van der Waals surface area (Å²) in [7, 11) is 0. The Morgan fingerprint density at radius 1 is 1.22 bits per heavy atom. The highest BCUT2D eigenvalue weighted by Crippen LogP contribution is 2.31. The molecule has 1 aliphatic heterocycles. The van der Waals surface area contributed by atoms with E-state index >= 15 is 0 Å². The van der Waals surface area contributed by atoms with Crippen LogP contribution in [0.2, 0.25) is 0 Å². The maximum atomic E-state index is 12.4. The van der Waals surface area contributed by atoms with Gasteiger partial charge in [-0.15, -0.1) is 11.3 Å². The van der Waals surface area contributed by atoms with Crippen molar-refractivity contribution in [3.63, 3.8) is 0 Å². The number of nitrogens with zero attached hydrogens (tertiary/aromatic N) is 4. The highest BCUT2D eigenvalue weighted by Gasteiger charge is 2.19. The molecule has 1 amide bonds. The molecule has 0 radical (unpaired) electrons. The van der Waals surface area contributed by atoms with E-state index < -0.39 is 0 Å². The summed E-state index contributed by atoms with van der Waals surface area (Å²) in [4.78, 5) is 26.3. The van der Waals surface area contributed by atoms with Gasteiger partial charge in [-0.1, -0.05) is 0 Å². The van der Waals surface area contributed by atoms with Crippen molar-refractivity contribution < 1.29 is 4.79 Å². The summed E-state index contributed by atoms with van der Waals surface area (Å²) in [6, 6.07) is 0. The lowest BCUT2D eigenvalue weighted by atomic mass is 9.97. The molecule has 4 heterocycles. The lowest BCUT2D eigenvalue weighted by molar-refractivity contribution is 0.102. The number of carbonyl (C=O) groups excluding carboxylic acids is 1. The van der Waals surface area contributed by atoms with Crippen LogP contribution in [-0.4, -0.2) is 38.3 Å². The number of rotatable bonds is 3. The van der Waals surface area contributed by atoms with Gasteiger partial charge < -0.3 is 9.72 Å². The van der Waals surface area contributed by atoms with Gasteiger partial charge in [0.15, 0.2) is 16.5 Å². The van der Waals surface area contributed by atoms with Gasteiger partial charge in [-0.05, 0) is 31.8 Å². The molecule has 2 N–H and O–H groups in total. The zero-order valence-electron chi connectivity index (χ0n) is 12.4. The fourth-order valence-electron chi connectivity index (χ4n) is 2.81. The Bertz CT molecular complexity index is 835. The molecule has 0 aliphatic carbocycles. The number of fused-ring (bicyclic) bond motifs is 1. The molecular formula is C15H16N6OS. The van der Waals surface area contributed by atoms with Crippen LogP contribution in [0.4, 0.5) is 5.13 Å². The van der Waals surface area contributed by atoms with Crippen molar-refractivity contribution in [1.82, 2.24) is 24.7 Å². The fraction of sp³-hybridized carbons (Fsp3) is 0.333. The monoisotopic (exact) mass is 328 g/mol. The highest BCUT2D eigenvalue weighted by molar-refractivity contribution is 7.15. The number of nitrogens with one attached hydrogen (secondary N) is 2. The minimum atomic E-state index is -0.284. The number of hydrogen-bond donors (Lipinski definition) is 2. The quantitative estimate of drug-likeness (QED) is 0.767. The van der Waals surface area contributed by atoms with Crippen molar-refractivity contribution in [2.75, 3.05) is 18.4 Å². The van der Waals surface area contributed by atoms with E-state index in [9.17, 15) is 4.79 Å². The van der Waals surface area contributed by atoms with Gasteiger partial charge in [0.1, 0.15) is 0 Å². The summed E-state index contributed by atoms with van der Waals surface area (Å²) in [6.45, 7) is 2.08. The molecule has 0 atom stereocenters. The summed E-state index contributed by atoms with van der Waals surface area (Å²) in [5.41, 5.74) is 0.844. The molecule has 118 valence electrons. The van der Waals surface area contributed by atoms with Gasteiger partial charge in [0.2, 0.25) is 0 Å². The Balaban J connectivity index is 1.52. The van der Waals surface area contributed by atoms with Crippen molar-refractivity contribution in [1.29, 1.82) is 0 Å². The highest BCUT2D eigenvalue weighted by atomic mass is 32.1. The summed E-state index contributed by atoms with van der Waals surface area (Å²) in [5, 5.41) is 6.80. The van der Waals surface area contributed by atoms with Crippen LogP contribution >= 0.6 is 11.3 Å². The van der Waals surface area contributed by atoms with Gasteiger partial charge in [-0.3, -0.25) is 10.1 Å². The molecular weight excluding hydrogens is 312 g/mol. The average Bonchev–Trinajstić information content (AvgIpc) is 3.24. The van der Waals surface area contributed by atoms with Crippen molar-refractivity contribution in [3.05, 3.63) is 41.6 Å². The van der Waals surface area contributed by atoms with E-state index in [4.69, 9.17) is 0 Å². The van der Waals surface area contributed by atoms with Crippen molar-refractivity contribution in [3.8, 4) is 0 Å². The van der Waals surface area contributed by atoms with Crippen LogP contribution in [0.15, 0.2) is 31.0 Å². The average molecular weight is 328 g/mol. The van der Waals surface area contributed by atoms with E-state index in [1.807, 2.05) is 6.20 Å². The smallest absolute Gasteiger partial charge is 0.279 e. The van der Waals surface area contributed by atoms with E-state index in [0.29, 0.717) is 22.4 Å². The first kappa shape index (κ1) is 14.3. The molecule has 0 aromatic carbocycles. The first-order chi connectivity index (χ1) is 11.3. The van der Waals surface area contributed by atoms with E-state index in [-0.39, 0.29) is 5.91 Å². The standard InChI is InChI=1S/C15H16N6OS/c22-14(12-13-18-6-8-21(13)7-5-17-12)20-15-19-9-11(23-15)10-1-3-16-4-2-10/h5-10,16H,1-4H2,(H,19,20,22). The van der Waals surface area contributed by atoms with Gasteiger partial charge >= 0.3 is 0 Å². The molecule has 8 heteroatoms. The van der Waals surface area contributed by atoms with Gasteiger partial charge in [-0.2, -0.15) is 0 Å². The second kappa shape index (κ2) is 6.05. The molecule has 7 nitrogen and oxygen atoms in total. The fourth-order valence-corrected chi connectivity index (χ4v) is 3.79. The van der Waals surface area contributed by atoms with E-state index in [0.717, 1.165) is 25.9 Å². The maximum absolute atomic E-state index is 12.4. The predicted molar refractivity (Wildman–Crippen MR) is 87.9 cm³/mol. The van der Waals surface area contributed by atoms with Gasteiger partial charge in [0, 0.05) is 35.9 Å². The van der Waals surface area contributed by atoms with Crippen LogP contribution in [0, 0.1) is 0 Å². The van der Waals surface area contributed by atoms with Gasteiger partial charge in [0.05, 0.1) is 0 Å². The van der Waals surface area contributed by atoms with Gasteiger partial charge in [-0.25, -0.2) is 15.0 Å². The van der Waals surface area contributed by atoms with Crippen molar-refractivity contribution in [2.24, 2.45) is 0 Å². The van der Waals surface area contributed by atoms with E-state index in [2.05, 4.69) is 25.6 Å². The number of aromatic nitrogens is 4. The molecule has 0 bridgehead atoms. The zero-order chi connectivity index (χ0) is 15.6. The molecule has 4 rings (SSSR count). The van der Waals surface area contributed by atoms with Crippen LogP contribution in [0.5, 0.6) is 0 Å². The SMILES string of the molecule is O=C(Nc1ncc(C2CCNCC2)s1)c1nccn2ccnc12. The maximum Gasteiger partial charge on any atom is 0.279 e. The second-order valence-corrected chi connectivity index (χ2v) is 6.54. The van der Waals surface area contributed by atoms with E-state index in [1.54, 1.807) is 40.5 Å². The van der Waals surface area contributed by atoms with Crippen LogP contribution in [0.3, 0.4) is 0 Å². The van der Waals surface area contributed by atoms with Crippen molar-refractivity contribution in [2.45, 2.75) is 18.8 Å². The number of amides is 1.